The van der Waals surface area contributed by atoms with Gasteiger partial charge in [0, 0.05) is 12.1 Å². The van der Waals surface area contributed by atoms with Gasteiger partial charge in [-0.15, -0.1) is 0 Å². The first-order valence-electron chi connectivity index (χ1n) is 7.75. The quantitative estimate of drug-likeness (QED) is 0.819. The highest BCUT2D eigenvalue weighted by atomic mass is 16.5. The van der Waals surface area contributed by atoms with Gasteiger partial charge in [0.15, 0.2) is 0 Å². The summed E-state index contributed by atoms with van der Waals surface area (Å²) in [6.45, 7) is 4.60. The minimum Gasteiger partial charge on any atom is -0.497 e. The van der Waals surface area contributed by atoms with Crippen molar-refractivity contribution >= 4 is 0 Å². The first-order valence-corrected chi connectivity index (χ1v) is 7.75. The van der Waals surface area contributed by atoms with Crippen LogP contribution in [0.4, 0.5) is 0 Å². The summed E-state index contributed by atoms with van der Waals surface area (Å²) in [4.78, 5) is 0. The minimum atomic E-state index is 0.388. The molecule has 2 heteroatoms. The largest absolute Gasteiger partial charge is 0.497 e. The van der Waals surface area contributed by atoms with E-state index in [1.807, 2.05) is 12.1 Å². The van der Waals surface area contributed by atoms with Crippen LogP contribution in [0.2, 0.25) is 0 Å². The molecule has 0 radical (unpaired) electrons. The van der Waals surface area contributed by atoms with Gasteiger partial charge in [0.25, 0.3) is 0 Å². The maximum Gasteiger partial charge on any atom is 0.118 e. The standard InChI is InChI=1S/C18H25NO/c1-12(15-6-8-17(20-3)9-7-15)19-13(2)18-11-14-4-5-16(18)10-14/h4-9,12-14,16,18-19H,10-11H2,1-3H3/t12-,13?,14?,16?,18?/m0/s1. The lowest BCUT2D eigenvalue weighted by Crippen LogP contribution is -2.37. The van der Waals surface area contributed by atoms with Crippen molar-refractivity contribution in [3.05, 3.63) is 42.0 Å². The molecule has 0 spiro atoms. The van der Waals surface area contributed by atoms with Gasteiger partial charge >= 0.3 is 0 Å². The average Bonchev–Trinajstić information content (AvgIpc) is 3.10. The fourth-order valence-electron chi connectivity index (χ4n) is 3.90. The third-order valence-corrected chi connectivity index (χ3v) is 5.10. The zero-order valence-corrected chi connectivity index (χ0v) is 12.7. The van der Waals surface area contributed by atoms with Crippen LogP contribution in [0.3, 0.4) is 0 Å². The average molecular weight is 271 g/mol. The predicted molar refractivity (Wildman–Crippen MR) is 82.9 cm³/mol. The molecule has 0 saturated heterocycles. The Bertz CT molecular complexity index is 479. The number of hydrogen-bond acceptors (Lipinski definition) is 2. The molecule has 1 aromatic rings. The number of methoxy groups -OCH3 is 1. The molecule has 1 saturated carbocycles. The Morgan fingerprint density at radius 3 is 2.40 bits per heavy atom. The Morgan fingerprint density at radius 2 is 1.85 bits per heavy atom. The molecule has 2 aliphatic rings. The van der Waals surface area contributed by atoms with Crippen molar-refractivity contribution in [1.82, 2.24) is 5.32 Å². The highest BCUT2D eigenvalue weighted by Gasteiger charge is 2.38. The molecule has 1 aromatic carbocycles. The third kappa shape index (κ3) is 2.62. The highest BCUT2D eigenvalue weighted by molar-refractivity contribution is 5.29. The second-order valence-electron chi connectivity index (χ2n) is 6.39. The van der Waals surface area contributed by atoms with Gasteiger partial charge in [-0.1, -0.05) is 24.3 Å². The van der Waals surface area contributed by atoms with Crippen molar-refractivity contribution in [2.24, 2.45) is 17.8 Å². The smallest absolute Gasteiger partial charge is 0.118 e. The summed E-state index contributed by atoms with van der Waals surface area (Å²) >= 11 is 0. The lowest BCUT2D eigenvalue weighted by Gasteiger charge is -2.29. The lowest BCUT2D eigenvalue weighted by atomic mass is 9.87. The van der Waals surface area contributed by atoms with E-state index in [2.05, 4.69) is 43.4 Å². The number of fused-ring (bicyclic) bond motifs is 2. The Kier molecular flexibility index (Phi) is 3.84. The molecular formula is C18H25NO. The van der Waals surface area contributed by atoms with E-state index in [0.717, 1.165) is 23.5 Å². The Hall–Kier alpha value is -1.28. The van der Waals surface area contributed by atoms with Gasteiger partial charge in [-0.2, -0.15) is 0 Å². The second kappa shape index (κ2) is 5.61. The van der Waals surface area contributed by atoms with E-state index >= 15 is 0 Å². The molecule has 4 unspecified atom stereocenters. The zero-order valence-electron chi connectivity index (χ0n) is 12.7. The molecule has 0 aliphatic heterocycles. The SMILES string of the molecule is COc1ccc([C@H](C)NC(C)C2CC3C=CC2C3)cc1. The molecule has 3 rings (SSSR count). The number of rotatable bonds is 5. The Balaban J connectivity index is 1.60. The van der Waals surface area contributed by atoms with Crippen molar-refractivity contribution in [1.29, 1.82) is 0 Å². The van der Waals surface area contributed by atoms with Gasteiger partial charge in [0.05, 0.1) is 7.11 Å². The number of ether oxygens (including phenoxy) is 1. The van der Waals surface area contributed by atoms with Crippen LogP contribution in [-0.4, -0.2) is 13.2 Å². The number of allylic oxidation sites excluding steroid dienone is 2. The van der Waals surface area contributed by atoms with Crippen molar-refractivity contribution in [2.75, 3.05) is 7.11 Å². The van der Waals surface area contributed by atoms with Gasteiger partial charge in [-0.05, 0) is 62.1 Å². The van der Waals surface area contributed by atoms with E-state index in [4.69, 9.17) is 4.74 Å². The predicted octanol–water partition coefficient (Wildman–Crippen LogP) is 3.95. The lowest BCUT2D eigenvalue weighted by molar-refractivity contribution is 0.307. The van der Waals surface area contributed by atoms with Gasteiger partial charge in [-0.3, -0.25) is 0 Å². The molecule has 5 atom stereocenters. The van der Waals surface area contributed by atoms with Gasteiger partial charge in [0.1, 0.15) is 5.75 Å². The topological polar surface area (TPSA) is 21.3 Å². The molecule has 0 heterocycles. The maximum atomic E-state index is 5.22. The van der Waals surface area contributed by atoms with Crippen LogP contribution in [0.25, 0.3) is 0 Å². The van der Waals surface area contributed by atoms with Crippen LogP contribution >= 0.6 is 0 Å². The molecule has 1 fully saturated rings. The maximum absolute atomic E-state index is 5.22. The normalized spacial score (nSPS) is 30.4. The highest BCUT2D eigenvalue weighted by Crippen LogP contribution is 2.45. The molecule has 20 heavy (non-hydrogen) atoms. The molecule has 0 amide bonds. The van der Waals surface area contributed by atoms with E-state index in [0.29, 0.717) is 12.1 Å². The van der Waals surface area contributed by atoms with E-state index in [1.54, 1.807) is 7.11 Å². The van der Waals surface area contributed by atoms with Gasteiger partial charge < -0.3 is 10.1 Å². The summed E-state index contributed by atoms with van der Waals surface area (Å²) in [5.41, 5.74) is 1.33. The van der Waals surface area contributed by atoms with Crippen LogP contribution in [0.15, 0.2) is 36.4 Å². The monoisotopic (exact) mass is 271 g/mol. The van der Waals surface area contributed by atoms with E-state index < -0.39 is 0 Å². The fourth-order valence-corrected chi connectivity index (χ4v) is 3.90. The molecule has 1 N–H and O–H groups in total. The molecule has 2 nitrogen and oxygen atoms in total. The number of hydrogen-bond donors (Lipinski definition) is 1. The van der Waals surface area contributed by atoms with Gasteiger partial charge in [0.2, 0.25) is 0 Å². The van der Waals surface area contributed by atoms with Crippen LogP contribution in [0, 0.1) is 17.8 Å². The van der Waals surface area contributed by atoms with Crippen molar-refractivity contribution < 1.29 is 4.74 Å². The summed E-state index contributed by atoms with van der Waals surface area (Å²) in [5.74, 6) is 3.40. The summed E-state index contributed by atoms with van der Waals surface area (Å²) < 4.78 is 5.22. The van der Waals surface area contributed by atoms with Crippen molar-refractivity contribution in [2.45, 2.75) is 38.8 Å². The first-order chi connectivity index (χ1) is 9.67. The molecule has 2 aliphatic carbocycles. The second-order valence-corrected chi connectivity index (χ2v) is 6.39. The van der Waals surface area contributed by atoms with Gasteiger partial charge in [-0.25, -0.2) is 0 Å². The first kappa shape index (κ1) is 13.7. The number of benzene rings is 1. The van der Waals surface area contributed by atoms with E-state index in [1.165, 1.54) is 18.4 Å². The Morgan fingerprint density at radius 1 is 1.10 bits per heavy atom. The molecule has 0 aromatic heterocycles. The van der Waals surface area contributed by atoms with Crippen molar-refractivity contribution in [3.63, 3.8) is 0 Å². The van der Waals surface area contributed by atoms with E-state index in [9.17, 15) is 0 Å². The number of nitrogens with one attached hydrogen (secondary N) is 1. The van der Waals surface area contributed by atoms with Crippen LogP contribution in [-0.2, 0) is 0 Å². The summed E-state index contributed by atoms with van der Waals surface area (Å²) in [5, 5.41) is 3.79. The molecular weight excluding hydrogens is 246 g/mol. The van der Waals surface area contributed by atoms with E-state index in [-0.39, 0.29) is 0 Å². The fraction of sp³-hybridized carbons (Fsp3) is 0.556. The molecule has 108 valence electrons. The minimum absolute atomic E-state index is 0.388. The summed E-state index contributed by atoms with van der Waals surface area (Å²) in [7, 11) is 1.71. The van der Waals surface area contributed by atoms with Crippen LogP contribution < -0.4 is 10.1 Å². The van der Waals surface area contributed by atoms with Crippen LogP contribution in [0.5, 0.6) is 5.75 Å². The molecule has 2 bridgehead atoms. The summed E-state index contributed by atoms with van der Waals surface area (Å²) in [6.07, 6.45) is 7.61. The van der Waals surface area contributed by atoms with Crippen LogP contribution in [0.1, 0.15) is 38.3 Å². The zero-order chi connectivity index (χ0) is 14.1. The Labute approximate surface area is 122 Å². The van der Waals surface area contributed by atoms with Crippen molar-refractivity contribution in [3.8, 4) is 5.75 Å². The summed E-state index contributed by atoms with van der Waals surface area (Å²) in [6, 6.07) is 9.36. The third-order valence-electron chi connectivity index (χ3n) is 5.10.